The van der Waals surface area contributed by atoms with Crippen LogP contribution in [-0.4, -0.2) is 6.61 Å². The van der Waals surface area contributed by atoms with E-state index in [2.05, 4.69) is 24.3 Å². The summed E-state index contributed by atoms with van der Waals surface area (Å²) in [6, 6.07) is 14.3. The van der Waals surface area contributed by atoms with Crippen molar-refractivity contribution in [3.63, 3.8) is 0 Å². The highest BCUT2D eigenvalue weighted by Crippen LogP contribution is 2.36. The van der Waals surface area contributed by atoms with Crippen LogP contribution < -0.4 is 10.5 Å². The second-order valence-electron chi connectivity index (χ2n) is 5.07. The molecular weight excluding hydrogens is 250 g/mol. The number of ether oxygens (including phenoxy) is 1. The first-order valence-electron chi connectivity index (χ1n) is 6.83. The maximum Gasteiger partial charge on any atom is 0.135 e. The molecule has 0 amide bonds. The number of hydrogen-bond acceptors (Lipinski definition) is 3. The van der Waals surface area contributed by atoms with E-state index in [4.69, 9.17) is 14.9 Å². The van der Waals surface area contributed by atoms with E-state index in [0.29, 0.717) is 6.54 Å². The van der Waals surface area contributed by atoms with Gasteiger partial charge in [0.25, 0.3) is 0 Å². The van der Waals surface area contributed by atoms with Crippen molar-refractivity contribution in [2.45, 2.75) is 13.0 Å². The minimum absolute atomic E-state index is 0.483. The molecule has 0 atom stereocenters. The van der Waals surface area contributed by atoms with Crippen molar-refractivity contribution in [1.82, 2.24) is 0 Å². The largest absolute Gasteiger partial charge is 0.493 e. The highest BCUT2D eigenvalue weighted by Gasteiger charge is 2.18. The van der Waals surface area contributed by atoms with Gasteiger partial charge in [0.2, 0.25) is 0 Å². The van der Waals surface area contributed by atoms with Gasteiger partial charge in [-0.2, -0.15) is 0 Å². The van der Waals surface area contributed by atoms with Gasteiger partial charge in [-0.05, 0) is 29.8 Å². The maximum atomic E-state index is 5.93. The smallest absolute Gasteiger partial charge is 0.135 e. The molecule has 2 heterocycles. The van der Waals surface area contributed by atoms with E-state index in [1.54, 1.807) is 0 Å². The molecule has 3 aromatic rings. The van der Waals surface area contributed by atoms with E-state index in [1.165, 1.54) is 5.56 Å². The van der Waals surface area contributed by atoms with Crippen LogP contribution >= 0.6 is 0 Å². The summed E-state index contributed by atoms with van der Waals surface area (Å²) in [7, 11) is 0. The van der Waals surface area contributed by atoms with Crippen LogP contribution in [-0.2, 0) is 13.0 Å². The number of hydrogen-bond donors (Lipinski definition) is 1. The fourth-order valence-electron chi connectivity index (χ4n) is 2.81. The first-order valence-corrected chi connectivity index (χ1v) is 6.83. The molecule has 0 bridgehead atoms. The predicted octanol–water partition coefficient (Wildman–Crippen LogP) is 3.49. The average molecular weight is 265 g/mol. The van der Waals surface area contributed by atoms with Crippen LogP contribution in [0.5, 0.6) is 5.75 Å². The molecule has 0 fully saturated rings. The predicted molar refractivity (Wildman–Crippen MR) is 78.7 cm³/mol. The number of benzene rings is 2. The number of rotatable bonds is 2. The van der Waals surface area contributed by atoms with Gasteiger partial charge in [-0.25, -0.2) is 0 Å². The molecule has 0 saturated heterocycles. The number of nitrogens with two attached hydrogens (primary N) is 1. The van der Waals surface area contributed by atoms with Crippen LogP contribution in [0.1, 0.15) is 11.1 Å². The van der Waals surface area contributed by atoms with Crippen LogP contribution in [0.3, 0.4) is 0 Å². The molecule has 3 nitrogen and oxygen atoms in total. The van der Waals surface area contributed by atoms with Crippen molar-refractivity contribution in [3.05, 3.63) is 53.6 Å². The Labute approximate surface area is 117 Å². The normalized spacial score (nSPS) is 13.4. The Hall–Kier alpha value is -2.26. The van der Waals surface area contributed by atoms with Gasteiger partial charge in [0.05, 0.1) is 6.61 Å². The zero-order valence-corrected chi connectivity index (χ0v) is 11.1. The molecular formula is C17H15NO2. The zero-order valence-electron chi connectivity index (χ0n) is 11.1. The van der Waals surface area contributed by atoms with Gasteiger partial charge in [-0.15, -0.1) is 0 Å². The van der Waals surface area contributed by atoms with E-state index < -0.39 is 0 Å². The second kappa shape index (κ2) is 4.39. The lowest BCUT2D eigenvalue weighted by molar-refractivity contribution is 0.353. The molecule has 0 radical (unpaired) electrons. The maximum absolute atomic E-state index is 5.93. The zero-order chi connectivity index (χ0) is 13.5. The van der Waals surface area contributed by atoms with Crippen LogP contribution in [0.4, 0.5) is 0 Å². The van der Waals surface area contributed by atoms with Gasteiger partial charge >= 0.3 is 0 Å². The van der Waals surface area contributed by atoms with Crippen LogP contribution in [0.2, 0.25) is 0 Å². The van der Waals surface area contributed by atoms with Gasteiger partial charge < -0.3 is 14.9 Å². The summed E-state index contributed by atoms with van der Waals surface area (Å²) < 4.78 is 11.6. The van der Waals surface area contributed by atoms with E-state index in [-0.39, 0.29) is 0 Å². The summed E-state index contributed by atoms with van der Waals surface area (Å²) in [4.78, 5) is 0. The van der Waals surface area contributed by atoms with E-state index in [1.807, 2.05) is 18.2 Å². The van der Waals surface area contributed by atoms with Crippen LogP contribution in [0.15, 0.2) is 46.9 Å². The summed E-state index contributed by atoms with van der Waals surface area (Å²) in [6.07, 6.45) is 0.941. The molecule has 3 heteroatoms. The molecule has 1 aliphatic heterocycles. The molecule has 1 aromatic heterocycles. The Morgan fingerprint density at radius 2 is 2.00 bits per heavy atom. The average Bonchev–Trinajstić information content (AvgIpc) is 3.12. The minimum Gasteiger partial charge on any atom is -0.493 e. The van der Waals surface area contributed by atoms with Gasteiger partial charge in [0.1, 0.15) is 17.1 Å². The van der Waals surface area contributed by atoms with Gasteiger partial charge in [-0.1, -0.05) is 18.2 Å². The van der Waals surface area contributed by atoms with Crippen molar-refractivity contribution in [3.8, 4) is 17.1 Å². The van der Waals surface area contributed by atoms with Crippen molar-refractivity contribution < 1.29 is 9.15 Å². The first-order chi connectivity index (χ1) is 9.85. The lowest BCUT2D eigenvalue weighted by atomic mass is 10.0. The summed E-state index contributed by atoms with van der Waals surface area (Å²) in [5.74, 6) is 1.85. The van der Waals surface area contributed by atoms with Crippen molar-refractivity contribution >= 4 is 11.0 Å². The molecule has 2 aromatic carbocycles. The standard InChI is InChI=1S/C17H15NO2/c18-10-14-8-13(7-12-5-6-19-17(12)14)16-9-11-3-1-2-4-15(11)20-16/h1-4,7-9H,5-6,10,18H2. The Bertz CT molecular complexity index is 756. The highest BCUT2D eigenvalue weighted by molar-refractivity contribution is 5.83. The van der Waals surface area contributed by atoms with Crippen molar-refractivity contribution in [1.29, 1.82) is 0 Å². The molecule has 0 saturated carbocycles. The molecule has 0 spiro atoms. The summed E-state index contributed by atoms with van der Waals surface area (Å²) >= 11 is 0. The van der Waals surface area contributed by atoms with Crippen LogP contribution in [0, 0.1) is 0 Å². The van der Waals surface area contributed by atoms with E-state index in [9.17, 15) is 0 Å². The Morgan fingerprint density at radius 1 is 1.10 bits per heavy atom. The number of furan rings is 1. The SMILES string of the molecule is NCc1cc(-c2cc3ccccc3o2)cc2c1OCC2. The van der Waals surface area contributed by atoms with Gasteiger partial charge in [0, 0.05) is 29.5 Å². The van der Waals surface area contributed by atoms with E-state index in [0.717, 1.165) is 46.6 Å². The monoisotopic (exact) mass is 265 g/mol. The quantitative estimate of drug-likeness (QED) is 0.771. The Kier molecular flexibility index (Phi) is 2.54. The topological polar surface area (TPSA) is 48.4 Å². The molecule has 1 aliphatic rings. The lowest BCUT2D eigenvalue weighted by Gasteiger charge is -2.08. The van der Waals surface area contributed by atoms with Crippen LogP contribution in [0.25, 0.3) is 22.3 Å². The molecule has 20 heavy (non-hydrogen) atoms. The number of fused-ring (bicyclic) bond motifs is 2. The summed E-state index contributed by atoms with van der Waals surface area (Å²) in [5, 5.41) is 1.12. The fraction of sp³-hybridized carbons (Fsp3) is 0.176. The number of para-hydroxylation sites is 1. The Balaban J connectivity index is 1.89. The second-order valence-corrected chi connectivity index (χ2v) is 5.07. The molecule has 4 rings (SSSR count). The third kappa shape index (κ3) is 1.71. The molecule has 100 valence electrons. The fourth-order valence-corrected chi connectivity index (χ4v) is 2.81. The van der Waals surface area contributed by atoms with E-state index >= 15 is 0 Å². The Morgan fingerprint density at radius 3 is 2.85 bits per heavy atom. The van der Waals surface area contributed by atoms with Gasteiger partial charge in [-0.3, -0.25) is 0 Å². The van der Waals surface area contributed by atoms with Crippen molar-refractivity contribution in [2.24, 2.45) is 5.73 Å². The third-order valence-corrected chi connectivity index (χ3v) is 3.79. The minimum atomic E-state index is 0.483. The molecule has 2 N–H and O–H groups in total. The highest BCUT2D eigenvalue weighted by atomic mass is 16.5. The third-order valence-electron chi connectivity index (χ3n) is 3.79. The molecule has 0 aliphatic carbocycles. The molecule has 0 unspecified atom stereocenters. The van der Waals surface area contributed by atoms with Gasteiger partial charge in [0.15, 0.2) is 0 Å². The van der Waals surface area contributed by atoms with Crippen molar-refractivity contribution in [2.75, 3.05) is 6.61 Å². The summed E-state index contributed by atoms with van der Waals surface area (Å²) in [5.41, 5.74) is 10.1. The summed E-state index contributed by atoms with van der Waals surface area (Å²) in [6.45, 7) is 1.22. The first kappa shape index (κ1) is 11.6. The lowest BCUT2D eigenvalue weighted by Crippen LogP contribution is -1.99.